The monoisotopic (exact) mass is 275 g/mol. The van der Waals surface area contributed by atoms with Crippen molar-refractivity contribution in [2.75, 3.05) is 13.2 Å². The lowest BCUT2D eigenvalue weighted by molar-refractivity contribution is -0.142. The van der Waals surface area contributed by atoms with Crippen LogP contribution < -0.4 is 5.32 Å². The summed E-state index contributed by atoms with van der Waals surface area (Å²) in [6.07, 6.45) is -3.16. The predicted octanol–water partition coefficient (Wildman–Crippen LogP) is 2.07. The van der Waals surface area contributed by atoms with E-state index in [0.29, 0.717) is 25.3 Å². The Morgan fingerprint density at radius 1 is 1.32 bits per heavy atom. The molecule has 2 heterocycles. The highest BCUT2D eigenvalue weighted by Crippen LogP contribution is 2.32. The molecule has 0 spiro atoms. The number of alkyl halides is 3. The average Bonchev–Trinajstić information content (AvgIpc) is 2.37. The molecule has 0 aliphatic carbocycles. The average molecular weight is 275 g/mol. The van der Waals surface area contributed by atoms with Gasteiger partial charge in [0.2, 0.25) is 0 Å². The Morgan fingerprint density at radius 3 is 2.79 bits per heavy atom. The van der Waals surface area contributed by atoms with Gasteiger partial charge in [0.25, 0.3) is 0 Å². The van der Waals surface area contributed by atoms with E-state index >= 15 is 0 Å². The molecular formula is C12H16F3N3O. The molecule has 0 bridgehead atoms. The topological polar surface area (TPSA) is 47.0 Å². The minimum atomic E-state index is -4.45. The van der Waals surface area contributed by atoms with Crippen LogP contribution in [0, 0.1) is 0 Å². The molecule has 0 amide bonds. The van der Waals surface area contributed by atoms with Crippen molar-refractivity contribution < 1.29 is 17.9 Å². The molecule has 1 aromatic heterocycles. The highest BCUT2D eigenvalue weighted by Gasteiger charge is 2.37. The summed E-state index contributed by atoms with van der Waals surface area (Å²) in [6.45, 7) is 3.25. The number of ether oxygens (including phenoxy) is 1. The van der Waals surface area contributed by atoms with E-state index < -0.39 is 11.9 Å². The van der Waals surface area contributed by atoms with Crippen molar-refractivity contribution >= 4 is 0 Å². The maximum Gasteiger partial charge on any atom is 0.433 e. The van der Waals surface area contributed by atoms with Gasteiger partial charge in [-0.15, -0.1) is 0 Å². The van der Waals surface area contributed by atoms with Gasteiger partial charge in [0.05, 0.1) is 5.69 Å². The van der Waals surface area contributed by atoms with Crippen molar-refractivity contribution in [1.82, 2.24) is 15.3 Å². The second kappa shape index (κ2) is 5.83. The van der Waals surface area contributed by atoms with Crippen LogP contribution in [0.2, 0.25) is 0 Å². The molecule has 0 atom stereocenters. The summed E-state index contributed by atoms with van der Waals surface area (Å²) in [5.74, 6) is 0.112. The first kappa shape index (κ1) is 14.2. The molecule has 7 heteroatoms. The van der Waals surface area contributed by atoms with Crippen molar-refractivity contribution in [2.45, 2.75) is 39.1 Å². The Kier molecular flexibility index (Phi) is 4.36. The highest BCUT2D eigenvalue weighted by molar-refractivity contribution is 5.30. The van der Waals surface area contributed by atoms with E-state index in [4.69, 9.17) is 4.74 Å². The van der Waals surface area contributed by atoms with E-state index in [0.717, 1.165) is 6.42 Å². The molecule has 0 fully saturated rings. The first-order chi connectivity index (χ1) is 9.02. The third-order valence-electron chi connectivity index (χ3n) is 2.83. The standard InChI is InChI=1S/C12H16F3N3O/c1-2-5-19-7-10-17-9-3-4-16-6-8(9)11(18-10)12(13,14)15/h16H,2-7H2,1H3. The number of nitrogens with zero attached hydrogens (tertiary/aromatic N) is 2. The Morgan fingerprint density at radius 2 is 2.11 bits per heavy atom. The number of rotatable bonds is 4. The lowest BCUT2D eigenvalue weighted by Crippen LogP contribution is -2.29. The first-order valence-corrected chi connectivity index (χ1v) is 6.26. The molecule has 0 aromatic carbocycles. The van der Waals surface area contributed by atoms with Gasteiger partial charge < -0.3 is 10.1 Å². The van der Waals surface area contributed by atoms with Crippen LogP contribution in [0.25, 0.3) is 0 Å². The van der Waals surface area contributed by atoms with E-state index in [1.807, 2.05) is 6.92 Å². The van der Waals surface area contributed by atoms with Gasteiger partial charge in [-0.25, -0.2) is 9.97 Å². The van der Waals surface area contributed by atoms with Crippen LogP contribution in [-0.4, -0.2) is 23.1 Å². The van der Waals surface area contributed by atoms with Crippen LogP contribution in [0.4, 0.5) is 13.2 Å². The third kappa shape index (κ3) is 3.42. The van der Waals surface area contributed by atoms with Gasteiger partial charge in [-0.3, -0.25) is 0 Å². The highest BCUT2D eigenvalue weighted by atomic mass is 19.4. The summed E-state index contributed by atoms with van der Waals surface area (Å²) in [5, 5.41) is 2.91. The molecule has 106 valence electrons. The molecule has 4 nitrogen and oxygen atoms in total. The van der Waals surface area contributed by atoms with Gasteiger partial charge in [0.1, 0.15) is 6.61 Å². The van der Waals surface area contributed by atoms with E-state index in [1.165, 1.54) is 0 Å². The Labute approximate surface area is 109 Å². The number of hydrogen-bond donors (Lipinski definition) is 1. The molecule has 0 radical (unpaired) electrons. The van der Waals surface area contributed by atoms with Crippen LogP contribution in [-0.2, 0) is 30.5 Å². The fourth-order valence-corrected chi connectivity index (χ4v) is 2.00. The van der Waals surface area contributed by atoms with Crippen LogP contribution in [0.1, 0.15) is 36.1 Å². The molecule has 1 aromatic rings. The number of hydrogen-bond acceptors (Lipinski definition) is 4. The molecule has 1 aliphatic rings. The van der Waals surface area contributed by atoms with Gasteiger partial charge in [-0.1, -0.05) is 6.92 Å². The fourth-order valence-electron chi connectivity index (χ4n) is 2.00. The van der Waals surface area contributed by atoms with E-state index in [1.54, 1.807) is 0 Å². The summed E-state index contributed by atoms with van der Waals surface area (Å²) >= 11 is 0. The largest absolute Gasteiger partial charge is 0.433 e. The zero-order valence-electron chi connectivity index (χ0n) is 10.7. The van der Waals surface area contributed by atoms with Crippen molar-refractivity contribution in [3.05, 3.63) is 22.8 Å². The second-order valence-corrected chi connectivity index (χ2v) is 4.39. The number of fused-ring (bicyclic) bond motifs is 1. The summed E-state index contributed by atoms with van der Waals surface area (Å²) in [7, 11) is 0. The van der Waals surface area contributed by atoms with Crippen LogP contribution in [0.15, 0.2) is 0 Å². The molecule has 0 saturated heterocycles. The molecule has 19 heavy (non-hydrogen) atoms. The Balaban J connectivity index is 2.31. The van der Waals surface area contributed by atoms with Gasteiger partial charge >= 0.3 is 6.18 Å². The van der Waals surface area contributed by atoms with E-state index in [9.17, 15) is 13.2 Å². The van der Waals surface area contributed by atoms with Crippen molar-refractivity contribution in [1.29, 1.82) is 0 Å². The molecule has 2 rings (SSSR count). The number of aromatic nitrogens is 2. The van der Waals surface area contributed by atoms with Crippen LogP contribution in [0.5, 0.6) is 0 Å². The number of halogens is 3. The van der Waals surface area contributed by atoms with Crippen molar-refractivity contribution in [2.24, 2.45) is 0 Å². The molecule has 0 saturated carbocycles. The van der Waals surface area contributed by atoms with Crippen molar-refractivity contribution in [3.63, 3.8) is 0 Å². The van der Waals surface area contributed by atoms with E-state index in [-0.39, 0.29) is 24.5 Å². The molecular weight excluding hydrogens is 259 g/mol. The summed E-state index contributed by atoms with van der Waals surface area (Å²) < 4.78 is 44.2. The van der Waals surface area contributed by atoms with Gasteiger partial charge in [-0.05, 0) is 6.42 Å². The Bertz CT molecular complexity index is 449. The molecule has 1 aliphatic heterocycles. The van der Waals surface area contributed by atoms with Gasteiger partial charge in [0, 0.05) is 31.7 Å². The quantitative estimate of drug-likeness (QED) is 0.855. The molecule has 1 N–H and O–H groups in total. The Hall–Kier alpha value is -1.21. The minimum Gasteiger partial charge on any atom is -0.373 e. The molecule has 0 unspecified atom stereocenters. The van der Waals surface area contributed by atoms with Gasteiger partial charge in [0.15, 0.2) is 11.5 Å². The lowest BCUT2D eigenvalue weighted by atomic mass is 10.0. The fraction of sp³-hybridized carbons (Fsp3) is 0.667. The van der Waals surface area contributed by atoms with Crippen molar-refractivity contribution in [3.8, 4) is 0 Å². The summed E-state index contributed by atoms with van der Waals surface area (Å²) in [4.78, 5) is 7.81. The van der Waals surface area contributed by atoms with Crippen LogP contribution >= 0.6 is 0 Å². The summed E-state index contributed by atoms with van der Waals surface area (Å²) in [5.41, 5.74) is -0.186. The van der Waals surface area contributed by atoms with E-state index in [2.05, 4.69) is 15.3 Å². The second-order valence-electron chi connectivity index (χ2n) is 4.39. The predicted molar refractivity (Wildman–Crippen MR) is 62.4 cm³/mol. The zero-order valence-corrected chi connectivity index (χ0v) is 10.7. The first-order valence-electron chi connectivity index (χ1n) is 6.26. The maximum atomic E-state index is 13.0. The third-order valence-corrected chi connectivity index (χ3v) is 2.83. The lowest BCUT2D eigenvalue weighted by Gasteiger charge is -2.21. The summed E-state index contributed by atoms with van der Waals surface area (Å²) in [6, 6.07) is 0. The smallest absolute Gasteiger partial charge is 0.373 e. The van der Waals surface area contributed by atoms with Gasteiger partial charge in [-0.2, -0.15) is 13.2 Å². The zero-order chi connectivity index (χ0) is 13.9. The van der Waals surface area contributed by atoms with Crippen LogP contribution in [0.3, 0.4) is 0 Å². The maximum absolute atomic E-state index is 13.0. The number of nitrogens with one attached hydrogen (secondary N) is 1. The minimum absolute atomic E-state index is 0.0254. The SMILES string of the molecule is CCCOCc1nc2c(c(C(F)(F)F)n1)CNCC2. The normalized spacial score (nSPS) is 15.4.